The number of nitrogens with zero attached hydrogens (tertiary/aromatic N) is 2. The van der Waals surface area contributed by atoms with E-state index in [2.05, 4.69) is 5.32 Å². The Balaban J connectivity index is 2.12. The number of para-hydroxylation sites is 1. The standard InChI is InChI=1S/C32H41N3O4S/c1-23-14-11-12-19-27(23)21-34(28(31(37)33-32(4,5)6)20-26-17-9-8-10-18-26)29(36)22-35(40(7,38)39)30-24(2)15-13-16-25(30)3/h8-19,28H,20-22H2,1-7H3,(H,33,37)/t28-/m0/s1. The number of sulfonamides is 1. The van der Waals surface area contributed by atoms with Crippen LogP contribution in [0.2, 0.25) is 0 Å². The quantitative estimate of drug-likeness (QED) is 0.379. The van der Waals surface area contributed by atoms with Crippen LogP contribution in [0.4, 0.5) is 5.69 Å². The summed E-state index contributed by atoms with van der Waals surface area (Å²) in [5.74, 6) is -0.752. The Morgan fingerprint density at radius 3 is 1.93 bits per heavy atom. The van der Waals surface area contributed by atoms with Crippen molar-refractivity contribution in [3.63, 3.8) is 0 Å². The number of amides is 2. The predicted molar refractivity (Wildman–Crippen MR) is 162 cm³/mol. The fourth-order valence-corrected chi connectivity index (χ4v) is 5.72. The van der Waals surface area contributed by atoms with Crippen LogP contribution in [0.5, 0.6) is 0 Å². The van der Waals surface area contributed by atoms with Crippen molar-refractivity contribution >= 4 is 27.5 Å². The van der Waals surface area contributed by atoms with Crippen LogP contribution in [-0.2, 0) is 32.6 Å². The molecule has 0 radical (unpaired) electrons. The summed E-state index contributed by atoms with van der Waals surface area (Å²) in [7, 11) is -3.82. The smallest absolute Gasteiger partial charge is 0.244 e. The predicted octanol–water partition coefficient (Wildman–Crippen LogP) is 4.93. The topological polar surface area (TPSA) is 86.8 Å². The Morgan fingerprint density at radius 2 is 1.38 bits per heavy atom. The normalized spacial score (nSPS) is 12.5. The average molecular weight is 564 g/mol. The van der Waals surface area contributed by atoms with Crippen LogP contribution in [0.15, 0.2) is 72.8 Å². The molecule has 0 unspecified atom stereocenters. The first kappa shape index (κ1) is 30.9. The summed E-state index contributed by atoms with van der Waals surface area (Å²) in [6.45, 7) is 11.0. The molecule has 3 aromatic carbocycles. The first-order valence-electron chi connectivity index (χ1n) is 13.4. The van der Waals surface area contributed by atoms with Crippen molar-refractivity contribution in [1.82, 2.24) is 10.2 Å². The fourth-order valence-electron chi connectivity index (χ4n) is 4.75. The Hall–Kier alpha value is -3.65. The van der Waals surface area contributed by atoms with Gasteiger partial charge in [0.25, 0.3) is 0 Å². The van der Waals surface area contributed by atoms with Crippen molar-refractivity contribution in [3.8, 4) is 0 Å². The van der Waals surface area contributed by atoms with E-state index in [1.165, 1.54) is 4.90 Å². The van der Waals surface area contributed by atoms with Crippen molar-refractivity contribution in [2.24, 2.45) is 0 Å². The molecule has 8 heteroatoms. The zero-order valence-electron chi connectivity index (χ0n) is 24.6. The van der Waals surface area contributed by atoms with Gasteiger partial charge in [0.05, 0.1) is 11.9 Å². The minimum Gasteiger partial charge on any atom is -0.350 e. The zero-order valence-corrected chi connectivity index (χ0v) is 25.4. The molecule has 0 aliphatic heterocycles. The number of anilines is 1. The highest BCUT2D eigenvalue weighted by Gasteiger charge is 2.35. The Kier molecular flexibility index (Phi) is 9.79. The summed E-state index contributed by atoms with van der Waals surface area (Å²) in [4.78, 5) is 29.6. The molecule has 0 bridgehead atoms. The van der Waals surface area contributed by atoms with Crippen LogP contribution < -0.4 is 9.62 Å². The van der Waals surface area contributed by atoms with Gasteiger partial charge in [0.2, 0.25) is 21.8 Å². The molecule has 3 rings (SSSR count). The zero-order chi connectivity index (χ0) is 29.7. The molecule has 0 aliphatic carbocycles. The van der Waals surface area contributed by atoms with E-state index >= 15 is 0 Å². The molecule has 0 saturated heterocycles. The van der Waals surface area contributed by atoms with E-state index < -0.39 is 34.1 Å². The first-order valence-corrected chi connectivity index (χ1v) is 15.3. The minimum atomic E-state index is -3.82. The lowest BCUT2D eigenvalue weighted by Crippen LogP contribution is -2.56. The summed E-state index contributed by atoms with van der Waals surface area (Å²) in [5, 5.41) is 3.04. The lowest BCUT2D eigenvalue weighted by Gasteiger charge is -2.35. The molecule has 1 N–H and O–H groups in total. The van der Waals surface area contributed by atoms with Gasteiger partial charge in [-0.2, -0.15) is 0 Å². The van der Waals surface area contributed by atoms with Gasteiger partial charge in [0.15, 0.2) is 0 Å². The van der Waals surface area contributed by atoms with Gasteiger partial charge < -0.3 is 10.2 Å². The number of hydrogen-bond donors (Lipinski definition) is 1. The summed E-state index contributed by atoms with van der Waals surface area (Å²) >= 11 is 0. The third-order valence-electron chi connectivity index (χ3n) is 6.74. The molecule has 40 heavy (non-hydrogen) atoms. The molecule has 0 aromatic heterocycles. The number of hydrogen-bond acceptors (Lipinski definition) is 4. The highest BCUT2D eigenvalue weighted by molar-refractivity contribution is 7.92. The third kappa shape index (κ3) is 8.18. The van der Waals surface area contributed by atoms with E-state index in [0.29, 0.717) is 5.69 Å². The van der Waals surface area contributed by atoms with Gasteiger partial charge >= 0.3 is 0 Å². The van der Waals surface area contributed by atoms with Gasteiger partial charge in [0.1, 0.15) is 12.6 Å². The molecular weight excluding hydrogens is 522 g/mol. The van der Waals surface area contributed by atoms with Crippen LogP contribution in [0.1, 0.15) is 48.6 Å². The number of rotatable bonds is 10. The van der Waals surface area contributed by atoms with E-state index in [9.17, 15) is 18.0 Å². The molecule has 214 valence electrons. The van der Waals surface area contributed by atoms with Gasteiger partial charge in [-0.3, -0.25) is 13.9 Å². The molecule has 0 fully saturated rings. The maximum absolute atomic E-state index is 14.3. The van der Waals surface area contributed by atoms with E-state index in [1.807, 2.05) is 114 Å². The van der Waals surface area contributed by atoms with Gasteiger partial charge in [-0.25, -0.2) is 8.42 Å². The monoisotopic (exact) mass is 563 g/mol. The molecule has 0 aliphatic rings. The van der Waals surface area contributed by atoms with Crippen LogP contribution in [-0.4, -0.2) is 49.5 Å². The largest absolute Gasteiger partial charge is 0.350 e. The van der Waals surface area contributed by atoms with E-state index in [-0.39, 0.29) is 18.9 Å². The van der Waals surface area contributed by atoms with Gasteiger partial charge in [-0.15, -0.1) is 0 Å². The van der Waals surface area contributed by atoms with Crippen molar-refractivity contribution in [2.45, 2.75) is 66.1 Å². The second kappa shape index (κ2) is 12.7. The van der Waals surface area contributed by atoms with E-state index in [4.69, 9.17) is 0 Å². The highest BCUT2D eigenvalue weighted by Crippen LogP contribution is 2.27. The van der Waals surface area contributed by atoms with Crippen molar-refractivity contribution in [3.05, 3.63) is 101 Å². The number of aryl methyl sites for hydroxylation is 3. The van der Waals surface area contributed by atoms with Crippen LogP contribution in [0.25, 0.3) is 0 Å². The molecule has 0 saturated carbocycles. The maximum atomic E-state index is 14.3. The Bertz CT molecular complexity index is 1430. The lowest BCUT2D eigenvalue weighted by atomic mass is 10.00. The van der Waals surface area contributed by atoms with Gasteiger partial charge in [0, 0.05) is 18.5 Å². The van der Waals surface area contributed by atoms with Crippen molar-refractivity contribution < 1.29 is 18.0 Å². The number of carbonyl (C=O) groups is 2. The molecular formula is C32H41N3O4S. The molecule has 2 amide bonds. The third-order valence-corrected chi connectivity index (χ3v) is 7.85. The minimum absolute atomic E-state index is 0.158. The molecule has 0 spiro atoms. The van der Waals surface area contributed by atoms with Crippen LogP contribution in [0, 0.1) is 20.8 Å². The highest BCUT2D eigenvalue weighted by atomic mass is 32.2. The first-order chi connectivity index (χ1) is 18.7. The summed E-state index contributed by atoms with van der Waals surface area (Å²) in [6, 6.07) is 21.9. The summed E-state index contributed by atoms with van der Waals surface area (Å²) in [6.07, 6.45) is 1.38. The second-order valence-corrected chi connectivity index (χ2v) is 13.3. The van der Waals surface area contributed by atoms with Gasteiger partial charge in [-0.1, -0.05) is 72.8 Å². The molecule has 1 atom stereocenters. The maximum Gasteiger partial charge on any atom is 0.244 e. The van der Waals surface area contributed by atoms with E-state index in [0.717, 1.165) is 38.4 Å². The second-order valence-electron chi connectivity index (χ2n) is 11.4. The van der Waals surface area contributed by atoms with Crippen LogP contribution in [0.3, 0.4) is 0 Å². The Morgan fingerprint density at radius 1 is 0.825 bits per heavy atom. The molecule has 7 nitrogen and oxygen atoms in total. The molecule has 0 heterocycles. The van der Waals surface area contributed by atoms with Crippen molar-refractivity contribution in [1.29, 1.82) is 0 Å². The fraction of sp³-hybridized carbons (Fsp3) is 0.375. The summed E-state index contributed by atoms with van der Waals surface area (Å²) in [5.41, 5.74) is 4.20. The number of nitrogens with one attached hydrogen (secondary N) is 1. The Labute approximate surface area is 239 Å². The summed E-state index contributed by atoms with van der Waals surface area (Å²) < 4.78 is 27.3. The van der Waals surface area contributed by atoms with Crippen LogP contribution >= 0.6 is 0 Å². The number of benzene rings is 3. The average Bonchev–Trinajstić information content (AvgIpc) is 2.85. The van der Waals surface area contributed by atoms with Crippen molar-refractivity contribution in [2.75, 3.05) is 17.1 Å². The van der Waals surface area contributed by atoms with E-state index in [1.54, 1.807) is 0 Å². The SMILES string of the molecule is Cc1ccccc1CN(C(=O)CN(c1c(C)cccc1C)S(C)(=O)=O)[C@@H](Cc1ccccc1)C(=O)NC(C)(C)C. The van der Waals surface area contributed by atoms with Gasteiger partial charge in [-0.05, 0) is 69.4 Å². The molecule has 3 aromatic rings. The number of carbonyl (C=O) groups excluding carboxylic acids is 2. The lowest BCUT2D eigenvalue weighted by molar-refractivity contribution is -0.140.